The van der Waals surface area contributed by atoms with E-state index in [9.17, 15) is 14.7 Å². The Bertz CT molecular complexity index is 1650. The van der Waals surface area contributed by atoms with Crippen LogP contribution >= 0.6 is 0 Å². The molecule has 0 spiro atoms. The van der Waals surface area contributed by atoms with Crippen LogP contribution in [0.1, 0.15) is 90.7 Å². The molecule has 4 aromatic rings. The molecule has 1 aliphatic heterocycles. The third kappa shape index (κ3) is 6.38. The smallest absolute Gasteiger partial charge is 0.410 e. The largest absolute Gasteiger partial charge is 0.490 e. The van der Waals surface area contributed by atoms with Crippen LogP contribution < -0.4 is 4.74 Å². The number of ether oxygens (including phenoxy) is 2. The summed E-state index contributed by atoms with van der Waals surface area (Å²) in [5.41, 5.74) is 4.37. The highest BCUT2D eigenvalue weighted by Crippen LogP contribution is 2.43. The van der Waals surface area contributed by atoms with Gasteiger partial charge in [-0.15, -0.1) is 0 Å². The number of aromatic carboxylic acids is 1. The van der Waals surface area contributed by atoms with E-state index in [2.05, 4.69) is 43.3 Å². The Kier molecular flexibility index (Phi) is 8.50. The van der Waals surface area contributed by atoms with Gasteiger partial charge in [-0.3, -0.25) is 0 Å². The minimum atomic E-state index is -0.913. The van der Waals surface area contributed by atoms with Crippen LogP contribution in [0.2, 0.25) is 0 Å². The van der Waals surface area contributed by atoms with E-state index < -0.39 is 11.6 Å². The topological polar surface area (TPSA) is 76.1 Å². The zero-order chi connectivity index (χ0) is 30.9. The number of hydrogen-bond donors (Lipinski definition) is 1. The van der Waals surface area contributed by atoms with Crippen LogP contribution in [-0.4, -0.2) is 40.3 Å². The van der Waals surface area contributed by atoms with Crippen molar-refractivity contribution in [2.24, 2.45) is 0 Å². The highest BCUT2D eigenvalue weighted by molar-refractivity contribution is 5.91. The lowest BCUT2D eigenvalue weighted by atomic mass is 9.80. The Balaban J connectivity index is 1.46. The van der Waals surface area contributed by atoms with E-state index in [0.717, 1.165) is 44.3 Å². The molecule has 5 rings (SSSR count). The fraction of sp³-hybridized carbons (Fsp3) is 0.351. The molecule has 1 unspecified atom stereocenters. The number of nitrogens with zero attached hydrogens (tertiary/aromatic N) is 1. The Labute approximate surface area is 254 Å². The molecule has 1 heterocycles. The van der Waals surface area contributed by atoms with Gasteiger partial charge in [-0.2, -0.15) is 0 Å². The van der Waals surface area contributed by atoms with Gasteiger partial charge in [0, 0.05) is 24.4 Å². The van der Waals surface area contributed by atoms with Crippen LogP contribution in [0, 0.1) is 13.8 Å². The summed E-state index contributed by atoms with van der Waals surface area (Å²) >= 11 is 0. The highest BCUT2D eigenvalue weighted by atomic mass is 16.6. The number of carbonyl (C=O) groups is 2. The van der Waals surface area contributed by atoms with Crippen molar-refractivity contribution in [1.82, 2.24) is 4.90 Å². The lowest BCUT2D eigenvalue weighted by molar-refractivity contribution is 0.0141. The molecule has 224 valence electrons. The molecular formula is C37H41NO5. The van der Waals surface area contributed by atoms with Crippen molar-refractivity contribution >= 4 is 22.8 Å². The molecule has 6 heteroatoms. The van der Waals surface area contributed by atoms with Gasteiger partial charge >= 0.3 is 12.1 Å². The summed E-state index contributed by atoms with van der Waals surface area (Å²) in [6.07, 6.45) is 0.723. The number of benzene rings is 4. The van der Waals surface area contributed by atoms with E-state index >= 15 is 0 Å². The minimum Gasteiger partial charge on any atom is -0.490 e. The number of hydrogen-bond acceptors (Lipinski definition) is 4. The number of carbonyl (C=O) groups excluding carboxylic acids is 1. The number of rotatable bonds is 7. The standard InChI is InChI=1S/C37H41NO5/c1-23-18-19-28(24(2)34(23)35(39)40)32-22-27(42-33-17-10-9-15-31(32)33)20-21-38(36(41)43-37(4,5)6)25(3)29-16-11-13-26-12-7-8-14-30(26)29/h7-19,25,27,32H,20-22H2,1-6H3,(H,39,40)/t25-,27+,32?/m1/s1. The molecule has 0 fully saturated rings. The van der Waals surface area contributed by atoms with Crippen molar-refractivity contribution in [2.45, 2.75) is 78.0 Å². The number of fused-ring (bicyclic) bond motifs is 2. The van der Waals surface area contributed by atoms with Gasteiger partial charge in [-0.1, -0.05) is 72.8 Å². The van der Waals surface area contributed by atoms with E-state index in [-0.39, 0.29) is 24.2 Å². The lowest BCUT2D eigenvalue weighted by Gasteiger charge is -2.36. The second kappa shape index (κ2) is 12.1. The summed E-state index contributed by atoms with van der Waals surface area (Å²) in [4.78, 5) is 27.6. The number of carboxylic acids is 1. The van der Waals surface area contributed by atoms with Crippen molar-refractivity contribution < 1.29 is 24.2 Å². The summed E-state index contributed by atoms with van der Waals surface area (Å²) in [6.45, 7) is 11.9. The van der Waals surface area contributed by atoms with Gasteiger partial charge in [0.05, 0.1) is 11.6 Å². The van der Waals surface area contributed by atoms with E-state index in [1.165, 1.54) is 0 Å². The second-order valence-corrected chi connectivity index (χ2v) is 12.5. The molecule has 0 aliphatic carbocycles. The second-order valence-electron chi connectivity index (χ2n) is 12.5. The third-order valence-corrected chi connectivity index (χ3v) is 8.45. The van der Waals surface area contributed by atoms with Crippen LogP contribution in [0.15, 0.2) is 78.9 Å². The first kappa shape index (κ1) is 30.1. The predicted molar refractivity (Wildman–Crippen MR) is 170 cm³/mol. The van der Waals surface area contributed by atoms with Gasteiger partial charge in [-0.25, -0.2) is 9.59 Å². The summed E-state index contributed by atoms with van der Waals surface area (Å²) in [5.74, 6) is -0.144. The van der Waals surface area contributed by atoms with Crippen LogP contribution in [0.4, 0.5) is 4.79 Å². The fourth-order valence-corrected chi connectivity index (χ4v) is 6.36. The molecule has 43 heavy (non-hydrogen) atoms. The number of aryl methyl sites for hydroxylation is 1. The maximum absolute atomic E-state index is 13.7. The molecule has 4 aromatic carbocycles. The molecule has 0 radical (unpaired) electrons. The van der Waals surface area contributed by atoms with Crippen molar-refractivity contribution in [3.8, 4) is 5.75 Å². The molecular weight excluding hydrogens is 538 g/mol. The SMILES string of the molecule is Cc1ccc(C2C[C@H](CCN(C(=O)OC(C)(C)C)[C@H](C)c3cccc4ccccc34)Oc3ccccc32)c(C)c1C(=O)O. The Morgan fingerprint density at radius 1 is 0.953 bits per heavy atom. The molecule has 0 bridgehead atoms. The van der Waals surface area contributed by atoms with Crippen molar-refractivity contribution in [2.75, 3.05) is 6.54 Å². The van der Waals surface area contributed by atoms with Crippen molar-refractivity contribution in [1.29, 1.82) is 0 Å². The van der Waals surface area contributed by atoms with Crippen molar-refractivity contribution in [3.63, 3.8) is 0 Å². The normalized spacial score (nSPS) is 17.1. The molecule has 6 nitrogen and oxygen atoms in total. The molecule has 0 aromatic heterocycles. The van der Waals surface area contributed by atoms with Gasteiger partial charge in [0.2, 0.25) is 0 Å². The summed E-state index contributed by atoms with van der Waals surface area (Å²) < 4.78 is 12.4. The van der Waals surface area contributed by atoms with Gasteiger partial charge in [0.1, 0.15) is 17.5 Å². The zero-order valence-electron chi connectivity index (χ0n) is 25.9. The predicted octanol–water partition coefficient (Wildman–Crippen LogP) is 8.83. The van der Waals surface area contributed by atoms with E-state index in [4.69, 9.17) is 9.47 Å². The Morgan fingerprint density at radius 2 is 1.65 bits per heavy atom. The van der Waals surface area contributed by atoms with Gasteiger partial charge in [0.25, 0.3) is 0 Å². The van der Waals surface area contributed by atoms with Crippen molar-refractivity contribution in [3.05, 3.63) is 112 Å². The van der Waals surface area contributed by atoms with Gasteiger partial charge in [-0.05, 0) is 87.1 Å². The molecule has 1 amide bonds. The third-order valence-electron chi connectivity index (χ3n) is 8.45. The van der Waals surface area contributed by atoms with E-state index in [1.807, 2.05) is 82.0 Å². The van der Waals surface area contributed by atoms with Gasteiger partial charge < -0.3 is 19.5 Å². The summed E-state index contributed by atoms with van der Waals surface area (Å²) in [6, 6.07) is 26.1. The minimum absolute atomic E-state index is 0.0286. The van der Waals surface area contributed by atoms with E-state index in [0.29, 0.717) is 24.9 Å². The Morgan fingerprint density at radius 3 is 2.40 bits per heavy atom. The van der Waals surface area contributed by atoms with Crippen LogP contribution in [-0.2, 0) is 4.74 Å². The quantitative estimate of drug-likeness (QED) is 0.237. The molecule has 1 N–H and O–H groups in total. The molecule has 3 atom stereocenters. The Hall–Kier alpha value is -4.32. The zero-order valence-corrected chi connectivity index (χ0v) is 25.9. The molecule has 0 saturated carbocycles. The first-order valence-corrected chi connectivity index (χ1v) is 15.0. The lowest BCUT2D eigenvalue weighted by Crippen LogP contribution is -2.41. The molecule has 0 saturated heterocycles. The average Bonchev–Trinajstić information content (AvgIpc) is 2.95. The number of amides is 1. The summed E-state index contributed by atoms with van der Waals surface area (Å²) in [7, 11) is 0. The molecule has 1 aliphatic rings. The van der Waals surface area contributed by atoms with Gasteiger partial charge in [0.15, 0.2) is 0 Å². The average molecular weight is 580 g/mol. The maximum atomic E-state index is 13.7. The first-order valence-electron chi connectivity index (χ1n) is 15.0. The van der Waals surface area contributed by atoms with E-state index in [1.54, 1.807) is 0 Å². The van der Waals surface area contributed by atoms with Crippen LogP contribution in [0.3, 0.4) is 0 Å². The fourth-order valence-electron chi connectivity index (χ4n) is 6.36. The number of carboxylic acid groups (broad SMARTS) is 1. The highest BCUT2D eigenvalue weighted by Gasteiger charge is 2.34. The number of para-hydroxylation sites is 1. The first-order chi connectivity index (χ1) is 20.4. The maximum Gasteiger partial charge on any atom is 0.410 e. The summed E-state index contributed by atoms with van der Waals surface area (Å²) in [5, 5.41) is 12.2. The van der Waals surface area contributed by atoms with Crippen LogP contribution in [0.25, 0.3) is 10.8 Å². The van der Waals surface area contributed by atoms with Crippen LogP contribution in [0.5, 0.6) is 5.75 Å². The monoisotopic (exact) mass is 579 g/mol.